The number of primary amides is 1. The van der Waals surface area contributed by atoms with Crippen molar-refractivity contribution in [1.29, 1.82) is 0 Å². The van der Waals surface area contributed by atoms with Crippen molar-refractivity contribution < 1.29 is 9.59 Å². The van der Waals surface area contributed by atoms with Gasteiger partial charge in [0.1, 0.15) is 10.8 Å². The zero-order chi connectivity index (χ0) is 23.4. The number of carbonyl (C=O) groups excluding carboxylic acids is 2. The van der Waals surface area contributed by atoms with Crippen molar-refractivity contribution in [3.8, 4) is 0 Å². The minimum atomic E-state index is -0.643. The summed E-state index contributed by atoms with van der Waals surface area (Å²) in [6, 6.07) is 11.3. The molecule has 0 atom stereocenters. The molecule has 0 bridgehead atoms. The highest BCUT2D eigenvalue weighted by atomic mass is 32.1. The van der Waals surface area contributed by atoms with Crippen LogP contribution in [-0.4, -0.2) is 57.7 Å². The van der Waals surface area contributed by atoms with Crippen molar-refractivity contribution in [3.05, 3.63) is 59.5 Å². The highest BCUT2D eigenvalue weighted by molar-refractivity contribution is 7.10. The van der Waals surface area contributed by atoms with E-state index >= 15 is 0 Å². The second-order valence-electron chi connectivity index (χ2n) is 8.23. The first-order valence-corrected chi connectivity index (χ1v) is 11.6. The number of aromatic nitrogens is 3. The van der Waals surface area contributed by atoms with E-state index < -0.39 is 5.91 Å². The SMILES string of the molecule is Cc1cc(Nc2nc(N(C)CC3CCN(C(=O)c4ccccc4)CC3)cnc2C(N)=O)sn1. The lowest BCUT2D eigenvalue weighted by Crippen LogP contribution is -2.41. The third-order valence-electron chi connectivity index (χ3n) is 5.71. The van der Waals surface area contributed by atoms with E-state index in [1.54, 1.807) is 6.20 Å². The Bertz CT molecular complexity index is 1130. The zero-order valence-corrected chi connectivity index (χ0v) is 19.5. The Morgan fingerprint density at radius 1 is 1.24 bits per heavy atom. The number of hydrogen-bond acceptors (Lipinski definition) is 8. The second-order valence-corrected chi connectivity index (χ2v) is 9.03. The molecule has 0 saturated carbocycles. The van der Waals surface area contributed by atoms with Crippen LogP contribution < -0.4 is 16.0 Å². The van der Waals surface area contributed by atoms with Crippen LogP contribution in [0.5, 0.6) is 0 Å². The molecule has 3 N–H and O–H groups in total. The first kappa shape index (κ1) is 22.7. The number of nitrogens with one attached hydrogen (secondary N) is 1. The van der Waals surface area contributed by atoms with Gasteiger partial charge in [-0.2, -0.15) is 4.37 Å². The van der Waals surface area contributed by atoms with Crippen molar-refractivity contribution in [3.63, 3.8) is 0 Å². The Morgan fingerprint density at radius 2 is 1.97 bits per heavy atom. The number of rotatable bonds is 7. The van der Waals surface area contributed by atoms with Crippen LogP contribution in [0.3, 0.4) is 0 Å². The summed E-state index contributed by atoms with van der Waals surface area (Å²) < 4.78 is 4.24. The summed E-state index contributed by atoms with van der Waals surface area (Å²) in [5.74, 6) is 0.832. The predicted molar refractivity (Wildman–Crippen MR) is 129 cm³/mol. The molecule has 2 amide bonds. The molecular formula is C23H27N7O2S. The van der Waals surface area contributed by atoms with Gasteiger partial charge in [0, 0.05) is 32.2 Å². The van der Waals surface area contributed by atoms with Gasteiger partial charge in [-0.3, -0.25) is 9.59 Å². The number of aryl methyl sites for hydroxylation is 1. The maximum atomic E-state index is 12.7. The van der Waals surface area contributed by atoms with E-state index in [0.29, 0.717) is 17.6 Å². The van der Waals surface area contributed by atoms with E-state index in [4.69, 9.17) is 5.73 Å². The average Bonchev–Trinajstić information content (AvgIpc) is 3.23. The minimum absolute atomic E-state index is 0.0873. The van der Waals surface area contributed by atoms with E-state index in [0.717, 1.165) is 48.7 Å². The number of anilines is 3. The van der Waals surface area contributed by atoms with Gasteiger partial charge in [-0.05, 0) is 55.4 Å². The van der Waals surface area contributed by atoms with E-state index in [1.165, 1.54) is 11.5 Å². The van der Waals surface area contributed by atoms with Gasteiger partial charge in [-0.15, -0.1) is 0 Å². The van der Waals surface area contributed by atoms with Crippen LogP contribution >= 0.6 is 11.5 Å². The van der Waals surface area contributed by atoms with Gasteiger partial charge in [0.15, 0.2) is 11.5 Å². The number of amides is 2. The number of likely N-dealkylation sites (tertiary alicyclic amines) is 1. The third-order valence-corrected chi connectivity index (χ3v) is 6.50. The highest BCUT2D eigenvalue weighted by Crippen LogP contribution is 2.26. The molecule has 3 heterocycles. The maximum Gasteiger partial charge on any atom is 0.271 e. The number of hydrogen-bond donors (Lipinski definition) is 2. The number of benzene rings is 1. The molecule has 0 spiro atoms. The van der Waals surface area contributed by atoms with Gasteiger partial charge in [0.2, 0.25) is 0 Å². The molecule has 1 aliphatic rings. The summed E-state index contributed by atoms with van der Waals surface area (Å²) in [6.07, 6.45) is 3.40. The molecule has 9 nitrogen and oxygen atoms in total. The molecule has 1 aromatic carbocycles. The Balaban J connectivity index is 1.39. The Hall–Kier alpha value is -3.53. The van der Waals surface area contributed by atoms with Crippen molar-refractivity contribution in [2.24, 2.45) is 11.7 Å². The largest absolute Gasteiger partial charge is 0.364 e. The maximum absolute atomic E-state index is 12.7. The summed E-state index contributed by atoms with van der Waals surface area (Å²) in [5.41, 5.74) is 7.18. The molecule has 4 rings (SSSR count). The standard InChI is InChI=1S/C23H27N7O2S/c1-15-12-19(33-28-15)27-22-20(21(24)31)25-13-18(26-22)29(2)14-16-8-10-30(11-9-16)23(32)17-6-4-3-5-7-17/h3-7,12-13,16H,8-11,14H2,1-2H3,(H2,24,31)(H,26,27). The molecule has 1 saturated heterocycles. The van der Waals surface area contributed by atoms with Gasteiger partial charge >= 0.3 is 0 Å². The molecule has 1 fully saturated rings. The predicted octanol–water partition coefficient (Wildman–Crippen LogP) is 3.07. The van der Waals surface area contributed by atoms with E-state index in [1.807, 2.05) is 60.2 Å². The smallest absolute Gasteiger partial charge is 0.271 e. The molecule has 0 aliphatic carbocycles. The summed E-state index contributed by atoms with van der Waals surface area (Å²) in [5, 5.41) is 3.88. The van der Waals surface area contributed by atoms with Gasteiger partial charge in [-0.25, -0.2) is 9.97 Å². The van der Waals surface area contributed by atoms with Crippen LogP contribution in [0.1, 0.15) is 39.4 Å². The molecule has 172 valence electrons. The van der Waals surface area contributed by atoms with Crippen LogP contribution in [0.25, 0.3) is 0 Å². The quantitative estimate of drug-likeness (QED) is 0.551. The molecule has 1 aliphatic heterocycles. The molecule has 3 aromatic rings. The van der Waals surface area contributed by atoms with Crippen LogP contribution in [0, 0.1) is 12.8 Å². The van der Waals surface area contributed by atoms with Crippen molar-refractivity contribution in [2.45, 2.75) is 19.8 Å². The van der Waals surface area contributed by atoms with Gasteiger partial charge < -0.3 is 20.9 Å². The summed E-state index contributed by atoms with van der Waals surface area (Å²) in [4.78, 5) is 37.3. The Morgan fingerprint density at radius 3 is 2.61 bits per heavy atom. The fourth-order valence-corrected chi connectivity index (χ4v) is 4.59. The monoisotopic (exact) mass is 465 g/mol. The molecular weight excluding hydrogens is 438 g/mol. The van der Waals surface area contributed by atoms with Crippen molar-refractivity contribution in [2.75, 3.05) is 36.9 Å². The van der Waals surface area contributed by atoms with E-state index in [9.17, 15) is 9.59 Å². The lowest BCUT2D eigenvalue weighted by Gasteiger charge is -2.34. The number of carbonyl (C=O) groups is 2. The minimum Gasteiger partial charge on any atom is -0.364 e. The topological polar surface area (TPSA) is 117 Å². The first-order valence-electron chi connectivity index (χ1n) is 10.8. The molecule has 0 unspecified atom stereocenters. The Labute approximate surface area is 196 Å². The average molecular weight is 466 g/mol. The summed E-state index contributed by atoms with van der Waals surface area (Å²) in [7, 11) is 1.95. The number of piperidine rings is 1. The van der Waals surface area contributed by atoms with Gasteiger partial charge in [-0.1, -0.05) is 18.2 Å². The molecule has 10 heteroatoms. The number of nitrogens with zero attached hydrogens (tertiary/aromatic N) is 5. The van der Waals surface area contributed by atoms with E-state index in [-0.39, 0.29) is 11.6 Å². The van der Waals surface area contributed by atoms with Gasteiger partial charge in [0.25, 0.3) is 11.8 Å². The normalized spacial score (nSPS) is 14.2. The van der Waals surface area contributed by atoms with Crippen LogP contribution in [-0.2, 0) is 0 Å². The second kappa shape index (κ2) is 9.95. The lowest BCUT2D eigenvalue weighted by atomic mass is 9.95. The van der Waals surface area contributed by atoms with E-state index in [2.05, 4.69) is 19.7 Å². The van der Waals surface area contributed by atoms with Gasteiger partial charge in [0.05, 0.1) is 11.9 Å². The molecule has 2 aromatic heterocycles. The summed E-state index contributed by atoms with van der Waals surface area (Å²) >= 11 is 1.28. The fourth-order valence-electron chi connectivity index (χ4n) is 3.93. The third kappa shape index (κ3) is 5.46. The molecule has 33 heavy (non-hydrogen) atoms. The fraction of sp³-hybridized carbons (Fsp3) is 0.348. The van der Waals surface area contributed by atoms with Crippen molar-refractivity contribution >= 4 is 40.0 Å². The van der Waals surface area contributed by atoms with Crippen LogP contribution in [0.15, 0.2) is 42.6 Å². The highest BCUT2D eigenvalue weighted by Gasteiger charge is 2.25. The van der Waals surface area contributed by atoms with Crippen LogP contribution in [0.2, 0.25) is 0 Å². The number of nitrogens with two attached hydrogens (primary N) is 1. The summed E-state index contributed by atoms with van der Waals surface area (Å²) in [6.45, 7) is 4.13. The van der Waals surface area contributed by atoms with Crippen LogP contribution in [0.4, 0.5) is 16.6 Å². The Kier molecular flexibility index (Phi) is 6.83. The van der Waals surface area contributed by atoms with Crippen molar-refractivity contribution in [1.82, 2.24) is 19.2 Å². The lowest BCUT2D eigenvalue weighted by molar-refractivity contribution is 0.0693. The molecule has 0 radical (unpaired) electrons. The zero-order valence-electron chi connectivity index (χ0n) is 18.7. The first-order chi connectivity index (χ1) is 15.9.